The average Bonchev–Trinajstić information content (AvgIpc) is 2.70. The Balaban J connectivity index is 1.29. The van der Waals surface area contributed by atoms with Gasteiger partial charge in [0.05, 0.1) is 6.10 Å². The van der Waals surface area contributed by atoms with Crippen LogP contribution in [-0.4, -0.2) is 58.2 Å². The molecule has 0 radical (unpaired) electrons. The smallest absolute Gasteiger partial charge is 0.0667 e. The molecule has 2 aliphatic heterocycles. The van der Waals surface area contributed by atoms with Crippen molar-refractivity contribution in [2.24, 2.45) is 0 Å². The molecule has 1 aromatic carbocycles. The quantitative estimate of drug-likeness (QED) is 0.918. The molecule has 4 heteroatoms. The first kappa shape index (κ1) is 17.7. The lowest BCUT2D eigenvalue weighted by atomic mass is 9.98. The third-order valence-electron chi connectivity index (χ3n) is 5.86. The first-order valence-corrected chi connectivity index (χ1v) is 9.92. The van der Waals surface area contributed by atoms with Crippen LogP contribution in [0.1, 0.15) is 31.2 Å². The number of hydrogen-bond donors (Lipinski definition) is 1. The van der Waals surface area contributed by atoms with Crippen molar-refractivity contribution < 1.29 is 5.11 Å². The number of aromatic nitrogens is 1. The molecule has 26 heavy (non-hydrogen) atoms. The Bertz CT molecular complexity index is 680. The van der Waals surface area contributed by atoms with Crippen LogP contribution in [0, 0.1) is 0 Å². The van der Waals surface area contributed by atoms with E-state index in [4.69, 9.17) is 0 Å². The molecule has 1 atom stereocenters. The van der Waals surface area contributed by atoms with E-state index >= 15 is 0 Å². The molecule has 0 bridgehead atoms. The molecule has 1 aromatic heterocycles. The Labute approximate surface area is 156 Å². The van der Waals surface area contributed by atoms with Gasteiger partial charge in [-0.2, -0.15) is 0 Å². The van der Waals surface area contributed by atoms with Crippen LogP contribution in [0.25, 0.3) is 11.1 Å². The van der Waals surface area contributed by atoms with E-state index < -0.39 is 0 Å². The highest BCUT2D eigenvalue weighted by molar-refractivity contribution is 5.62. The summed E-state index contributed by atoms with van der Waals surface area (Å²) in [5.41, 5.74) is 3.78. The molecule has 1 unspecified atom stereocenters. The van der Waals surface area contributed by atoms with E-state index in [9.17, 15) is 5.11 Å². The minimum atomic E-state index is -0.111. The molecule has 2 aliphatic rings. The number of likely N-dealkylation sites (tertiary alicyclic amines) is 2. The second-order valence-electron chi connectivity index (χ2n) is 7.74. The molecule has 2 fully saturated rings. The van der Waals surface area contributed by atoms with Gasteiger partial charge in [0.15, 0.2) is 0 Å². The van der Waals surface area contributed by atoms with E-state index in [0.717, 1.165) is 45.6 Å². The highest BCUT2D eigenvalue weighted by Gasteiger charge is 2.28. The monoisotopic (exact) mass is 351 g/mol. The minimum absolute atomic E-state index is 0.111. The lowest BCUT2D eigenvalue weighted by Gasteiger charge is -2.41. The number of benzene rings is 1. The van der Waals surface area contributed by atoms with Crippen molar-refractivity contribution >= 4 is 0 Å². The number of aliphatic hydroxyl groups is 1. The first-order valence-electron chi connectivity index (χ1n) is 9.92. The van der Waals surface area contributed by atoms with Crippen molar-refractivity contribution in [1.82, 2.24) is 14.8 Å². The zero-order chi connectivity index (χ0) is 17.8. The third-order valence-corrected chi connectivity index (χ3v) is 5.86. The summed E-state index contributed by atoms with van der Waals surface area (Å²) in [5.74, 6) is 0. The number of piperidine rings is 2. The number of β-amino-alcohol motifs (C(OH)–C–C–N with tert-alkyl or cyclic N) is 1. The van der Waals surface area contributed by atoms with Crippen molar-refractivity contribution in [3.05, 3.63) is 54.4 Å². The molecule has 4 rings (SSSR count). The molecule has 0 saturated carbocycles. The van der Waals surface area contributed by atoms with E-state index in [1.165, 1.54) is 29.5 Å². The van der Waals surface area contributed by atoms with Crippen LogP contribution in [0.15, 0.2) is 48.8 Å². The standard InChI is InChI=1S/C22H29N3O/c26-22-4-2-12-25(17-22)21-9-13-24(14-10-21)16-18-5-7-19(8-6-18)20-3-1-11-23-15-20/h1,3,5-8,11,15,21-22,26H,2,4,9-10,12-14,16-17H2. The molecule has 3 heterocycles. The Morgan fingerprint density at radius 2 is 1.77 bits per heavy atom. The van der Waals surface area contributed by atoms with Crippen molar-refractivity contribution in [3.8, 4) is 11.1 Å². The summed E-state index contributed by atoms with van der Waals surface area (Å²) in [5, 5.41) is 9.91. The fourth-order valence-corrected chi connectivity index (χ4v) is 4.35. The molecule has 0 amide bonds. The Hall–Kier alpha value is -1.75. The normalized spacial score (nSPS) is 23.2. The van der Waals surface area contributed by atoms with Crippen molar-refractivity contribution in [2.75, 3.05) is 26.2 Å². The SMILES string of the molecule is OC1CCCN(C2CCN(Cc3ccc(-c4cccnc4)cc3)CC2)C1. The molecular formula is C22H29N3O. The number of pyridine rings is 1. The van der Waals surface area contributed by atoms with Gasteiger partial charge in [-0.05, 0) is 68.1 Å². The number of nitrogens with zero attached hydrogens (tertiary/aromatic N) is 3. The van der Waals surface area contributed by atoms with Gasteiger partial charge in [0.1, 0.15) is 0 Å². The summed E-state index contributed by atoms with van der Waals surface area (Å²) < 4.78 is 0. The van der Waals surface area contributed by atoms with Crippen molar-refractivity contribution in [1.29, 1.82) is 0 Å². The van der Waals surface area contributed by atoms with Gasteiger partial charge in [0.25, 0.3) is 0 Å². The maximum atomic E-state index is 9.91. The molecular weight excluding hydrogens is 322 g/mol. The second-order valence-corrected chi connectivity index (χ2v) is 7.74. The van der Waals surface area contributed by atoms with Crippen LogP contribution in [0.5, 0.6) is 0 Å². The molecule has 2 saturated heterocycles. The highest BCUT2D eigenvalue weighted by atomic mass is 16.3. The largest absolute Gasteiger partial charge is 0.392 e. The van der Waals surface area contributed by atoms with Gasteiger partial charge in [-0.1, -0.05) is 30.3 Å². The van der Waals surface area contributed by atoms with Gasteiger partial charge in [0, 0.05) is 31.5 Å². The first-order chi connectivity index (χ1) is 12.8. The summed E-state index contributed by atoms with van der Waals surface area (Å²) in [6, 6.07) is 13.6. The summed E-state index contributed by atoms with van der Waals surface area (Å²) in [6.45, 7) is 5.38. The molecule has 4 nitrogen and oxygen atoms in total. The van der Waals surface area contributed by atoms with E-state index in [1.54, 1.807) is 0 Å². The molecule has 0 spiro atoms. The summed E-state index contributed by atoms with van der Waals surface area (Å²) in [4.78, 5) is 9.29. The van der Waals surface area contributed by atoms with Crippen LogP contribution < -0.4 is 0 Å². The summed E-state index contributed by atoms with van der Waals surface area (Å²) in [7, 11) is 0. The molecule has 2 aromatic rings. The number of aliphatic hydroxyl groups excluding tert-OH is 1. The zero-order valence-electron chi connectivity index (χ0n) is 15.4. The van der Waals surface area contributed by atoms with Gasteiger partial charge < -0.3 is 5.11 Å². The lowest BCUT2D eigenvalue weighted by molar-refractivity contribution is 0.0243. The number of hydrogen-bond acceptors (Lipinski definition) is 4. The van der Waals surface area contributed by atoms with Crippen LogP contribution in [-0.2, 0) is 6.54 Å². The Morgan fingerprint density at radius 1 is 0.962 bits per heavy atom. The maximum absolute atomic E-state index is 9.91. The van der Waals surface area contributed by atoms with Gasteiger partial charge >= 0.3 is 0 Å². The average molecular weight is 351 g/mol. The maximum Gasteiger partial charge on any atom is 0.0667 e. The van der Waals surface area contributed by atoms with Crippen molar-refractivity contribution in [2.45, 2.75) is 44.4 Å². The molecule has 1 N–H and O–H groups in total. The van der Waals surface area contributed by atoms with Gasteiger partial charge in [0.2, 0.25) is 0 Å². The van der Waals surface area contributed by atoms with Gasteiger partial charge in [-0.15, -0.1) is 0 Å². The molecule has 138 valence electrons. The Kier molecular flexibility index (Phi) is 5.63. The van der Waals surface area contributed by atoms with Crippen LogP contribution >= 0.6 is 0 Å². The molecule has 0 aliphatic carbocycles. The van der Waals surface area contributed by atoms with Crippen LogP contribution in [0.3, 0.4) is 0 Å². The summed E-state index contributed by atoms with van der Waals surface area (Å²) in [6.07, 6.45) is 8.18. The van der Waals surface area contributed by atoms with Crippen LogP contribution in [0.4, 0.5) is 0 Å². The predicted octanol–water partition coefficient (Wildman–Crippen LogP) is 3.17. The zero-order valence-corrected chi connectivity index (χ0v) is 15.4. The second kappa shape index (κ2) is 8.30. The van der Waals surface area contributed by atoms with Crippen molar-refractivity contribution in [3.63, 3.8) is 0 Å². The van der Waals surface area contributed by atoms with E-state index in [1.807, 2.05) is 18.5 Å². The van der Waals surface area contributed by atoms with Crippen LogP contribution in [0.2, 0.25) is 0 Å². The third kappa shape index (κ3) is 4.32. The Morgan fingerprint density at radius 3 is 2.46 bits per heavy atom. The summed E-state index contributed by atoms with van der Waals surface area (Å²) >= 11 is 0. The predicted molar refractivity (Wildman–Crippen MR) is 105 cm³/mol. The van der Waals surface area contributed by atoms with Gasteiger partial charge in [-0.25, -0.2) is 0 Å². The van der Waals surface area contributed by atoms with Gasteiger partial charge in [-0.3, -0.25) is 14.8 Å². The highest BCUT2D eigenvalue weighted by Crippen LogP contribution is 2.23. The fourth-order valence-electron chi connectivity index (χ4n) is 4.35. The topological polar surface area (TPSA) is 39.6 Å². The number of rotatable bonds is 4. The fraction of sp³-hybridized carbons (Fsp3) is 0.500. The van der Waals surface area contributed by atoms with E-state index in [-0.39, 0.29) is 6.10 Å². The minimum Gasteiger partial charge on any atom is -0.392 e. The lowest BCUT2D eigenvalue weighted by Crippen LogP contribution is -2.49. The van der Waals surface area contributed by atoms with E-state index in [0.29, 0.717) is 6.04 Å². The van der Waals surface area contributed by atoms with E-state index in [2.05, 4.69) is 45.1 Å².